The van der Waals surface area contributed by atoms with Gasteiger partial charge in [-0.1, -0.05) is 32.9 Å². The smallest absolute Gasteiger partial charge is 0.238 e. The van der Waals surface area contributed by atoms with Gasteiger partial charge in [0.25, 0.3) is 0 Å². The van der Waals surface area contributed by atoms with Gasteiger partial charge in [0.05, 0.1) is 6.54 Å². The molecule has 4 heteroatoms. The fraction of sp³-hybridized carbons (Fsp3) is 0.562. The Hall–Kier alpha value is -1.00. The average molecular weight is 292 g/mol. The van der Waals surface area contributed by atoms with Crippen LogP contribution in [-0.2, 0) is 4.79 Å². The molecule has 2 rings (SSSR count). The zero-order chi connectivity index (χ0) is 14.8. The molecule has 3 nitrogen and oxygen atoms in total. The standard InChI is InChI=1S/C16H24N2OS/c1-16(2,3)9-10-18-14(19)11-17-15(18)12-5-7-13(20-4)8-6-12/h5-8,15,17H,9-11H2,1-4H3. The summed E-state index contributed by atoms with van der Waals surface area (Å²) in [6.07, 6.45) is 3.11. The first-order valence-corrected chi connectivity index (χ1v) is 8.30. The lowest BCUT2D eigenvalue weighted by Crippen LogP contribution is -2.33. The summed E-state index contributed by atoms with van der Waals surface area (Å²) in [6.45, 7) is 7.89. The Morgan fingerprint density at radius 2 is 1.95 bits per heavy atom. The van der Waals surface area contributed by atoms with Gasteiger partial charge in [0.15, 0.2) is 0 Å². The van der Waals surface area contributed by atoms with Crippen LogP contribution in [0.2, 0.25) is 0 Å². The highest BCUT2D eigenvalue weighted by Crippen LogP contribution is 2.27. The largest absolute Gasteiger partial charge is 0.322 e. The number of benzene rings is 1. The third-order valence-corrected chi connectivity index (χ3v) is 4.36. The lowest BCUT2D eigenvalue weighted by Gasteiger charge is -2.28. The minimum absolute atomic E-state index is 0.0285. The van der Waals surface area contributed by atoms with Crippen LogP contribution in [0.5, 0.6) is 0 Å². The number of rotatable bonds is 4. The molecule has 1 atom stereocenters. The van der Waals surface area contributed by atoms with Gasteiger partial charge in [-0.05, 0) is 35.8 Å². The second-order valence-corrected chi connectivity index (χ2v) is 7.33. The first-order chi connectivity index (χ1) is 9.40. The second-order valence-electron chi connectivity index (χ2n) is 6.45. The van der Waals surface area contributed by atoms with E-state index >= 15 is 0 Å². The van der Waals surface area contributed by atoms with Crippen molar-refractivity contribution in [3.05, 3.63) is 29.8 Å². The highest BCUT2D eigenvalue weighted by atomic mass is 32.2. The summed E-state index contributed by atoms with van der Waals surface area (Å²) in [4.78, 5) is 15.3. The van der Waals surface area contributed by atoms with Gasteiger partial charge in [0.2, 0.25) is 5.91 Å². The molecule has 1 amide bonds. The first-order valence-electron chi connectivity index (χ1n) is 7.07. The van der Waals surface area contributed by atoms with Crippen LogP contribution in [0.3, 0.4) is 0 Å². The maximum absolute atomic E-state index is 12.1. The Labute approximate surface area is 126 Å². The summed E-state index contributed by atoms with van der Waals surface area (Å²) in [5.41, 5.74) is 1.42. The van der Waals surface area contributed by atoms with Gasteiger partial charge in [-0.3, -0.25) is 10.1 Å². The third-order valence-electron chi connectivity index (χ3n) is 3.61. The quantitative estimate of drug-likeness (QED) is 0.864. The van der Waals surface area contributed by atoms with E-state index < -0.39 is 0 Å². The van der Waals surface area contributed by atoms with Crippen molar-refractivity contribution in [1.82, 2.24) is 10.2 Å². The number of carbonyl (C=O) groups excluding carboxylic acids is 1. The predicted octanol–water partition coefficient (Wildman–Crippen LogP) is 3.28. The van der Waals surface area contributed by atoms with E-state index in [9.17, 15) is 4.79 Å². The number of thioether (sulfide) groups is 1. The molecule has 0 aromatic heterocycles. The maximum atomic E-state index is 12.1. The maximum Gasteiger partial charge on any atom is 0.238 e. The van der Waals surface area contributed by atoms with Crippen molar-refractivity contribution >= 4 is 17.7 Å². The summed E-state index contributed by atoms with van der Waals surface area (Å²) in [5.74, 6) is 0.202. The molecule has 0 bridgehead atoms. The minimum atomic E-state index is 0.0285. The van der Waals surface area contributed by atoms with Gasteiger partial charge >= 0.3 is 0 Å². The van der Waals surface area contributed by atoms with Crippen molar-refractivity contribution in [3.8, 4) is 0 Å². The Kier molecular flexibility index (Phi) is 4.76. The molecular weight excluding hydrogens is 268 g/mol. The Bertz CT molecular complexity index is 464. The summed E-state index contributed by atoms with van der Waals surface area (Å²) in [7, 11) is 0. The molecule has 1 fully saturated rings. The summed E-state index contributed by atoms with van der Waals surface area (Å²) in [5, 5.41) is 3.32. The molecule has 1 aliphatic rings. The van der Waals surface area contributed by atoms with Crippen molar-refractivity contribution in [2.24, 2.45) is 5.41 Å². The van der Waals surface area contributed by atoms with Crippen molar-refractivity contribution in [1.29, 1.82) is 0 Å². The molecular formula is C16H24N2OS. The number of nitrogens with zero attached hydrogens (tertiary/aromatic N) is 1. The predicted molar refractivity (Wildman–Crippen MR) is 84.8 cm³/mol. The summed E-state index contributed by atoms with van der Waals surface area (Å²) >= 11 is 1.73. The van der Waals surface area contributed by atoms with E-state index in [-0.39, 0.29) is 17.5 Å². The zero-order valence-electron chi connectivity index (χ0n) is 12.8. The molecule has 1 aromatic carbocycles. The second kappa shape index (κ2) is 6.19. The molecule has 0 saturated carbocycles. The Balaban J connectivity index is 2.10. The van der Waals surface area contributed by atoms with E-state index in [1.54, 1.807) is 11.8 Å². The molecule has 1 aliphatic heterocycles. The van der Waals surface area contributed by atoms with Crippen LogP contribution in [0.4, 0.5) is 0 Å². The topological polar surface area (TPSA) is 32.3 Å². The molecule has 1 heterocycles. The molecule has 0 aliphatic carbocycles. The van der Waals surface area contributed by atoms with Gasteiger partial charge in [-0.15, -0.1) is 11.8 Å². The summed E-state index contributed by atoms with van der Waals surface area (Å²) in [6, 6.07) is 8.47. The molecule has 110 valence electrons. The Morgan fingerprint density at radius 1 is 1.30 bits per heavy atom. The van der Waals surface area contributed by atoms with Crippen LogP contribution in [0, 0.1) is 5.41 Å². The van der Waals surface area contributed by atoms with E-state index in [2.05, 4.69) is 56.6 Å². The van der Waals surface area contributed by atoms with Gasteiger partial charge in [-0.2, -0.15) is 0 Å². The van der Waals surface area contributed by atoms with Crippen LogP contribution in [0.15, 0.2) is 29.2 Å². The number of hydrogen-bond acceptors (Lipinski definition) is 3. The van der Waals surface area contributed by atoms with Crippen LogP contribution >= 0.6 is 11.8 Å². The lowest BCUT2D eigenvalue weighted by atomic mass is 9.92. The van der Waals surface area contributed by atoms with Crippen LogP contribution in [0.25, 0.3) is 0 Å². The number of amides is 1. The van der Waals surface area contributed by atoms with E-state index in [0.717, 1.165) is 13.0 Å². The van der Waals surface area contributed by atoms with E-state index in [1.165, 1.54) is 10.5 Å². The number of nitrogens with one attached hydrogen (secondary N) is 1. The highest BCUT2D eigenvalue weighted by Gasteiger charge is 2.31. The van der Waals surface area contributed by atoms with Gasteiger partial charge in [0, 0.05) is 11.4 Å². The third kappa shape index (κ3) is 3.76. The fourth-order valence-electron chi connectivity index (χ4n) is 2.33. The van der Waals surface area contributed by atoms with Crippen molar-refractivity contribution < 1.29 is 4.79 Å². The number of carbonyl (C=O) groups is 1. The first kappa shape index (κ1) is 15.4. The normalized spacial score (nSPS) is 19.7. The van der Waals surface area contributed by atoms with Crippen LogP contribution in [0.1, 0.15) is 38.9 Å². The molecule has 20 heavy (non-hydrogen) atoms. The zero-order valence-corrected chi connectivity index (χ0v) is 13.6. The van der Waals surface area contributed by atoms with E-state index in [4.69, 9.17) is 0 Å². The molecule has 0 radical (unpaired) electrons. The Morgan fingerprint density at radius 3 is 2.50 bits per heavy atom. The van der Waals surface area contributed by atoms with Crippen molar-refractivity contribution in [2.75, 3.05) is 19.3 Å². The molecule has 1 unspecified atom stereocenters. The number of hydrogen-bond donors (Lipinski definition) is 1. The van der Waals surface area contributed by atoms with Crippen molar-refractivity contribution in [2.45, 2.75) is 38.3 Å². The minimum Gasteiger partial charge on any atom is -0.322 e. The SMILES string of the molecule is CSc1ccc(C2NCC(=O)N2CCC(C)(C)C)cc1. The van der Waals surface area contributed by atoms with Crippen LogP contribution in [-0.4, -0.2) is 30.2 Å². The monoisotopic (exact) mass is 292 g/mol. The average Bonchev–Trinajstić information content (AvgIpc) is 2.77. The molecule has 1 aromatic rings. The van der Waals surface area contributed by atoms with Gasteiger partial charge in [0.1, 0.15) is 6.17 Å². The van der Waals surface area contributed by atoms with Gasteiger partial charge in [-0.25, -0.2) is 0 Å². The molecule has 1 N–H and O–H groups in total. The van der Waals surface area contributed by atoms with E-state index in [0.29, 0.717) is 6.54 Å². The molecule has 0 spiro atoms. The van der Waals surface area contributed by atoms with E-state index in [1.807, 2.05) is 4.90 Å². The van der Waals surface area contributed by atoms with Crippen LogP contribution < -0.4 is 5.32 Å². The fourth-order valence-corrected chi connectivity index (χ4v) is 2.74. The van der Waals surface area contributed by atoms with Gasteiger partial charge < -0.3 is 4.90 Å². The highest BCUT2D eigenvalue weighted by molar-refractivity contribution is 7.98. The lowest BCUT2D eigenvalue weighted by molar-refractivity contribution is -0.128. The van der Waals surface area contributed by atoms with Crippen molar-refractivity contribution in [3.63, 3.8) is 0 Å². The molecule has 1 saturated heterocycles. The summed E-state index contributed by atoms with van der Waals surface area (Å²) < 4.78 is 0.